The number of carbonyl (C=O) groups excluding carboxylic acids is 1. The van der Waals surface area contributed by atoms with E-state index in [-0.39, 0.29) is 19.5 Å². The van der Waals surface area contributed by atoms with Gasteiger partial charge in [0.05, 0.1) is 5.41 Å². The van der Waals surface area contributed by atoms with Crippen LogP contribution in [0.5, 0.6) is 0 Å². The van der Waals surface area contributed by atoms with E-state index in [0.717, 1.165) is 0 Å². The number of carboxylic acids is 1. The molecule has 1 saturated heterocycles. The number of nitrogens with zero attached hydrogens (tertiary/aromatic N) is 2. The summed E-state index contributed by atoms with van der Waals surface area (Å²) in [6.45, 7) is 3.24. The fourth-order valence-electron chi connectivity index (χ4n) is 2.14. The molecular weight excluding hydrogens is 277 g/mol. The second-order valence-corrected chi connectivity index (χ2v) is 5.66. The van der Waals surface area contributed by atoms with Crippen molar-refractivity contribution in [1.29, 1.82) is 0 Å². The molecule has 0 aromatic heterocycles. The van der Waals surface area contributed by atoms with Gasteiger partial charge in [-0.05, 0) is 27.2 Å². The molecule has 116 valence electrons. The minimum atomic E-state index is -4.48. The molecule has 1 N–H and O–H groups in total. The second-order valence-electron chi connectivity index (χ2n) is 5.66. The minimum absolute atomic E-state index is 0.0672. The molecule has 0 bridgehead atoms. The summed E-state index contributed by atoms with van der Waals surface area (Å²) in [5, 5.41) is 9.07. The average molecular weight is 296 g/mol. The Kier molecular flexibility index (Phi) is 4.55. The lowest BCUT2D eigenvalue weighted by Gasteiger charge is -2.32. The number of carbonyl (C=O) groups is 2. The number of hydrogen-bond donors (Lipinski definition) is 1. The summed E-state index contributed by atoms with van der Waals surface area (Å²) in [5.74, 6) is -1.04. The highest BCUT2D eigenvalue weighted by atomic mass is 19.4. The van der Waals surface area contributed by atoms with Crippen molar-refractivity contribution in [2.24, 2.45) is 5.41 Å². The number of rotatable bonds is 3. The number of likely N-dealkylation sites (tertiary alicyclic amines) is 1. The average Bonchev–Trinajstić information content (AvgIpc) is 2.68. The van der Waals surface area contributed by atoms with E-state index in [1.54, 1.807) is 0 Å². The van der Waals surface area contributed by atoms with Gasteiger partial charge in [0.2, 0.25) is 0 Å². The number of carboxylic acid groups (broad SMARTS) is 1. The van der Waals surface area contributed by atoms with Crippen molar-refractivity contribution >= 4 is 12.0 Å². The molecule has 1 atom stereocenters. The van der Waals surface area contributed by atoms with Gasteiger partial charge < -0.3 is 14.9 Å². The molecule has 20 heavy (non-hydrogen) atoms. The van der Waals surface area contributed by atoms with E-state index >= 15 is 0 Å². The number of aliphatic carboxylic acids is 1. The van der Waals surface area contributed by atoms with E-state index in [4.69, 9.17) is 5.11 Å². The molecule has 0 spiro atoms. The van der Waals surface area contributed by atoms with E-state index in [1.165, 1.54) is 25.7 Å². The highest BCUT2D eigenvalue weighted by Crippen LogP contribution is 2.31. The van der Waals surface area contributed by atoms with Crippen molar-refractivity contribution in [3.63, 3.8) is 0 Å². The summed E-state index contributed by atoms with van der Waals surface area (Å²) in [6, 6.07) is -1.37. The zero-order valence-electron chi connectivity index (χ0n) is 11.7. The van der Waals surface area contributed by atoms with Crippen LogP contribution in [0, 0.1) is 5.41 Å². The third-order valence-corrected chi connectivity index (χ3v) is 3.48. The molecule has 1 rings (SSSR count). The quantitative estimate of drug-likeness (QED) is 0.868. The molecule has 8 heteroatoms. The summed E-state index contributed by atoms with van der Waals surface area (Å²) in [7, 11) is 0. The van der Waals surface area contributed by atoms with Gasteiger partial charge in [-0.2, -0.15) is 13.2 Å². The maximum absolute atomic E-state index is 12.5. The molecule has 0 aromatic rings. The van der Waals surface area contributed by atoms with Gasteiger partial charge in [-0.25, -0.2) is 4.79 Å². The monoisotopic (exact) mass is 296 g/mol. The highest BCUT2D eigenvalue weighted by Gasteiger charge is 2.44. The third kappa shape index (κ3) is 3.77. The van der Waals surface area contributed by atoms with Crippen LogP contribution in [-0.4, -0.2) is 58.8 Å². The number of alkyl halides is 3. The van der Waals surface area contributed by atoms with Crippen molar-refractivity contribution in [1.82, 2.24) is 9.80 Å². The highest BCUT2D eigenvalue weighted by molar-refractivity contribution is 5.79. The third-order valence-electron chi connectivity index (χ3n) is 3.48. The summed E-state index contributed by atoms with van der Waals surface area (Å²) >= 11 is 0. The molecule has 0 aromatic carbocycles. The van der Waals surface area contributed by atoms with Crippen LogP contribution in [-0.2, 0) is 4.79 Å². The number of amides is 2. The molecule has 2 amide bonds. The van der Waals surface area contributed by atoms with Crippen LogP contribution in [0.2, 0.25) is 0 Å². The van der Waals surface area contributed by atoms with Gasteiger partial charge in [0.25, 0.3) is 0 Å². The first-order valence-corrected chi connectivity index (χ1v) is 6.32. The molecule has 1 aliphatic heterocycles. The normalized spacial score (nSPS) is 23.2. The van der Waals surface area contributed by atoms with Gasteiger partial charge in [-0.15, -0.1) is 0 Å². The first kappa shape index (κ1) is 16.6. The standard InChI is InChI=1S/C12H19F3N2O3/c1-8(2)17(7-12(13,14)15)10(20)16-5-4-11(3,6-16)9(18)19/h8H,4-7H2,1-3H3,(H,18,19). The van der Waals surface area contributed by atoms with Gasteiger partial charge in [-0.3, -0.25) is 4.79 Å². The van der Waals surface area contributed by atoms with Crippen molar-refractivity contribution in [2.75, 3.05) is 19.6 Å². The lowest BCUT2D eigenvalue weighted by Crippen LogP contribution is -2.50. The minimum Gasteiger partial charge on any atom is -0.481 e. The van der Waals surface area contributed by atoms with Crippen LogP contribution < -0.4 is 0 Å². The molecule has 1 heterocycles. The van der Waals surface area contributed by atoms with Gasteiger partial charge in [0.15, 0.2) is 0 Å². The van der Waals surface area contributed by atoms with Crippen molar-refractivity contribution < 1.29 is 27.9 Å². The van der Waals surface area contributed by atoms with Crippen LogP contribution in [0.15, 0.2) is 0 Å². The Morgan fingerprint density at radius 1 is 1.40 bits per heavy atom. The van der Waals surface area contributed by atoms with Crippen LogP contribution in [0.3, 0.4) is 0 Å². The second kappa shape index (κ2) is 5.49. The zero-order chi connectivity index (χ0) is 15.7. The topological polar surface area (TPSA) is 60.9 Å². The maximum Gasteiger partial charge on any atom is 0.406 e. The van der Waals surface area contributed by atoms with Crippen molar-refractivity contribution in [3.8, 4) is 0 Å². The van der Waals surface area contributed by atoms with Gasteiger partial charge in [-0.1, -0.05) is 0 Å². The van der Waals surface area contributed by atoms with Gasteiger partial charge in [0.1, 0.15) is 6.54 Å². The number of halogens is 3. The van der Waals surface area contributed by atoms with Crippen LogP contribution in [0.1, 0.15) is 27.2 Å². The molecule has 1 aliphatic rings. The molecular formula is C12H19F3N2O3. The smallest absolute Gasteiger partial charge is 0.406 e. The van der Waals surface area contributed by atoms with Gasteiger partial charge >= 0.3 is 18.2 Å². The number of urea groups is 1. The van der Waals surface area contributed by atoms with Crippen LogP contribution in [0.25, 0.3) is 0 Å². The van der Waals surface area contributed by atoms with Crippen molar-refractivity contribution in [2.45, 2.75) is 39.4 Å². The fraction of sp³-hybridized carbons (Fsp3) is 0.833. The molecule has 1 fully saturated rings. The van der Waals surface area contributed by atoms with E-state index in [1.807, 2.05) is 0 Å². The molecule has 0 radical (unpaired) electrons. The van der Waals surface area contributed by atoms with Gasteiger partial charge in [0, 0.05) is 19.1 Å². The first-order chi connectivity index (χ1) is 8.96. The van der Waals surface area contributed by atoms with E-state index in [9.17, 15) is 22.8 Å². The molecule has 0 aliphatic carbocycles. The fourth-order valence-corrected chi connectivity index (χ4v) is 2.14. The SMILES string of the molecule is CC(C)N(CC(F)(F)F)C(=O)N1CCC(C)(C(=O)O)C1. The van der Waals surface area contributed by atoms with Crippen molar-refractivity contribution in [3.05, 3.63) is 0 Å². The Morgan fingerprint density at radius 2 is 1.95 bits per heavy atom. The van der Waals surface area contributed by atoms with Crippen LogP contribution in [0.4, 0.5) is 18.0 Å². The molecule has 5 nitrogen and oxygen atoms in total. The Bertz CT molecular complexity index is 398. The van der Waals surface area contributed by atoms with E-state index in [0.29, 0.717) is 4.90 Å². The predicted molar refractivity (Wildman–Crippen MR) is 65.2 cm³/mol. The number of hydrogen-bond acceptors (Lipinski definition) is 2. The Hall–Kier alpha value is -1.47. The Morgan fingerprint density at radius 3 is 2.30 bits per heavy atom. The molecule has 1 unspecified atom stereocenters. The molecule has 0 saturated carbocycles. The zero-order valence-corrected chi connectivity index (χ0v) is 11.7. The predicted octanol–water partition coefficient (Wildman–Crippen LogP) is 2.18. The lowest BCUT2D eigenvalue weighted by atomic mass is 9.90. The first-order valence-electron chi connectivity index (χ1n) is 6.32. The summed E-state index contributed by atoms with van der Waals surface area (Å²) < 4.78 is 37.5. The lowest BCUT2D eigenvalue weighted by molar-refractivity contribution is -0.148. The van der Waals surface area contributed by atoms with E-state index < -0.39 is 36.2 Å². The summed E-state index contributed by atoms with van der Waals surface area (Å²) in [5.41, 5.74) is -1.09. The Labute approximate surface area is 115 Å². The summed E-state index contributed by atoms with van der Waals surface area (Å²) in [4.78, 5) is 25.1. The maximum atomic E-state index is 12.5. The van der Waals surface area contributed by atoms with Crippen LogP contribution >= 0.6 is 0 Å². The summed E-state index contributed by atoms with van der Waals surface area (Å²) in [6.07, 6.45) is -4.23. The largest absolute Gasteiger partial charge is 0.481 e. The Balaban J connectivity index is 2.80. The van der Waals surface area contributed by atoms with E-state index in [2.05, 4.69) is 0 Å².